The van der Waals surface area contributed by atoms with E-state index in [-0.39, 0.29) is 0 Å². The van der Waals surface area contributed by atoms with Crippen LogP contribution >= 0.6 is 0 Å². The molecule has 1 amide bonds. The predicted octanol–water partition coefficient (Wildman–Crippen LogP) is 4.39. The Balaban J connectivity index is 2.53. The van der Waals surface area contributed by atoms with E-state index >= 15 is 0 Å². The first kappa shape index (κ1) is 24.8. The van der Waals surface area contributed by atoms with Gasteiger partial charge in [0.2, 0.25) is 0 Å². The van der Waals surface area contributed by atoms with Crippen molar-refractivity contribution in [2.24, 2.45) is 0 Å². The monoisotopic (exact) mass is 468 g/mol. The zero-order valence-corrected chi connectivity index (χ0v) is 16.1. The molecule has 6 nitrogen and oxygen atoms in total. The van der Waals surface area contributed by atoms with Gasteiger partial charge in [-0.05, 0) is 31.2 Å². The fourth-order valence-corrected chi connectivity index (χ4v) is 2.50. The van der Waals surface area contributed by atoms with Gasteiger partial charge in [0.1, 0.15) is 11.6 Å². The Morgan fingerprint density at radius 3 is 2.19 bits per heavy atom. The molecule has 174 valence electrons. The highest BCUT2D eigenvalue weighted by molar-refractivity contribution is 5.99. The first-order valence-electron chi connectivity index (χ1n) is 8.74. The largest absolute Gasteiger partial charge is 0.573 e. The summed E-state index contributed by atoms with van der Waals surface area (Å²) in [5, 5.41) is 3.04. The van der Waals surface area contributed by atoms with Crippen LogP contribution < -0.4 is 15.4 Å². The third-order valence-corrected chi connectivity index (χ3v) is 3.83. The van der Waals surface area contributed by atoms with E-state index in [4.69, 9.17) is 0 Å². The fraction of sp³-hybridized carbons (Fsp3) is 0.263. The normalized spacial score (nSPS) is 13.6. The topological polar surface area (TPSA) is 76.7 Å². The number of carbonyl (C=O) groups is 2. The number of nitrogens with one attached hydrogen (secondary N) is 2. The maximum Gasteiger partial charge on any atom is 0.573 e. The van der Waals surface area contributed by atoms with Crippen LogP contribution in [0.3, 0.4) is 0 Å². The second kappa shape index (κ2) is 9.32. The van der Waals surface area contributed by atoms with Crippen molar-refractivity contribution in [3.05, 3.63) is 59.9 Å². The van der Waals surface area contributed by atoms with E-state index in [9.17, 15) is 40.3 Å². The summed E-state index contributed by atoms with van der Waals surface area (Å²) in [6.07, 6.45) is -10.7. The molecule has 2 rings (SSSR count). The van der Waals surface area contributed by atoms with Gasteiger partial charge in [0.25, 0.3) is 5.91 Å². The number of halogens is 7. The van der Waals surface area contributed by atoms with E-state index < -0.39 is 59.5 Å². The van der Waals surface area contributed by atoms with Gasteiger partial charge in [-0.1, -0.05) is 18.2 Å². The van der Waals surface area contributed by atoms with Gasteiger partial charge in [0.15, 0.2) is 0 Å². The SMILES string of the molecule is CCOC(=O)C(NC(=O)c1ccccc1F)(Nc1cccc(OC(F)(F)F)c1)C(F)(F)F. The minimum absolute atomic E-state index is 0.516. The Hall–Kier alpha value is -3.51. The van der Waals surface area contributed by atoms with Crippen LogP contribution in [0.1, 0.15) is 17.3 Å². The van der Waals surface area contributed by atoms with Gasteiger partial charge < -0.3 is 20.1 Å². The first-order valence-corrected chi connectivity index (χ1v) is 8.74. The molecule has 0 saturated carbocycles. The van der Waals surface area contributed by atoms with Crippen molar-refractivity contribution in [1.82, 2.24) is 5.32 Å². The van der Waals surface area contributed by atoms with E-state index in [1.807, 2.05) is 0 Å². The van der Waals surface area contributed by atoms with Crippen LogP contribution in [-0.2, 0) is 9.53 Å². The lowest BCUT2D eigenvalue weighted by Gasteiger charge is -2.35. The highest BCUT2D eigenvalue weighted by Crippen LogP contribution is 2.35. The number of rotatable bonds is 7. The number of alkyl halides is 6. The second-order valence-corrected chi connectivity index (χ2v) is 6.10. The molecule has 0 spiro atoms. The molecular formula is C19H15F7N2O4. The van der Waals surface area contributed by atoms with Crippen molar-refractivity contribution in [2.45, 2.75) is 25.1 Å². The molecule has 0 bridgehead atoms. The molecule has 0 radical (unpaired) electrons. The second-order valence-electron chi connectivity index (χ2n) is 6.10. The third-order valence-electron chi connectivity index (χ3n) is 3.83. The van der Waals surface area contributed by atoms with E-state index in [0.717, 1.165) is 30.3 Å². The summed E-state index contributed by atoms with van der Waals surface area (Å²) in [5.74, 6) is -5.74. The van der Waals surface area contributed by atoms with Crippen LogP contribution in [0.25, 0.3) is 0 Å². The van der Waals surface area contributed by atoms with Crippen LogP contribution in [0, 0.1) is 5.82 Å². The molecule has 1 atom stereocenters. The highest BCUT2D eigenvalue weighted by Gasteiger charge is 2.63. The Morgan fingerprint density at radius 2 is 1.62 bits per heavy atom. The Labute approximate surface area is 176 Å². The summed E-state index contributed by atoms with van der Waals surface area (Å²) in [4.78, 5) is 24.8. The number of amides is 1. The van der Waals surface area contributed by atoms with Gasteiger partial charge in [0.05, 0.1) is 12.2 Å². The number of benzene rings is 2. The molecule has 0 heterocycles. The zero-order valence-electron chi connectivity index (χ0n) is 16.1. The Morgan fingerprint density at radius 1 is 0.969 bits per heavy atom. The van der Waals surface area contributed by atoms with Gasteiger partial charge >= 0.3 is 24.2 Å². The van der Waals surface area contributed by atoms with Crippen molar-refractivity contribution < 1.29 is 49.8 Å². The van der Waals surface area contributed by atoms with Crippen molar-refractivity contribution >= 4 is 17.6 Å². The molecule has 0 aromatic heterocycles. The molecule has 32 heavy (non-hydrogen) atoms. The quantitative estimate of drug-likeness (QED) is 0.358. The number of carbonyl (C=O) groups excluding carboxylic acids is 2. The van der Waals surface area contributed by atoms with Crippen molar-refractivity contribution in [2.75, 3.05) is 11.9 Å². The molecule has 2 N–H and O–H groups in total. The zero-order chi connectivity index (χ0) is 24.2. The summed E-state index contributed by atoms with van der Waals surface area (Å²) in [6, 6.07) is 7.14. The Kier molecular flexibility index (Phi) is 7.21. The summed E-state index contributed by atoms with van der Waals surface area (Å²) < 4.78 is 102. The van der Waals surface area contributed by atoms with Crippen LogP contribution in [0.4, 0.5) is 36.4 Å². The van der Waals surface area contributed by atoms with Crippen molar-refractivity contribution in [3.63, 3.8) is 0 Å². The maximum absolute atomic E-state index is 14.1. The number of ether oxygens (including phenoxy) is 2. The van der Waals surface area contributed by atoms with Gasteiger partial charge in [0, 0.05) is 11.8 Å². The maximum atomic E-state index is 14.1. The lowest BCUT2D eigenvalue weighted by molar-refractivity contribution is -0.274. The van der Waals surface area contributed by atoms with Crippen LogP contribution in [0.5, 0.6) is 5.75 Å². The van der Waals surface area contributed by atoms with Gasteiger partial charge in [-0.3, -0.25) is 4.79 Å². The number of hydrogen-bond donors (Lipinski definition) is 2. The van der Waals surface area contributed by atoms with Gasteiger partial charge in [-0.25, -0.2) is 9.18 Å². The minimum atomic E-state index is -5.58. The molecule has 2 aromatic rings. The molecule has 13 heteroatoms. The first-order chi connectivity index (χ1) is 14.8. The number of hydrogen-bond acceptors (Lipinski definition) is 5. The third kappa shape index (κ3) is 5.80. The number of esters is 1. The standard InChI is InChI=1S/C19H15F7N2O4/c1-2-31-16(30)17(18(21,22)23,28-15(29)13-8-3-4-9-14(13)20)27-11-6-5-7-12(10-11)32-19(24,25)26/h3-10,27H,2H2,1H3,(H,28,29). The molecule has 2 aromatic carbocycles. The van der Waals surface area contributed by atoms with Crippen LogP contribution in [-0.4, -0.2) is 36.7 Å². The predicted molar refractivity (Wildman–Crippen MR) is 96.0 cm³/mol. The molecule has 1 unspecified atom stereocenters. The molecule has 0 aliphatic carbocycles. The fourth-order valence-electron chi connectivity index (χ4n) is 2.50. The van der Waals surface area contributed by atoms with E-state index in [1.54, 1.807) is 5.32 Å². The van der Waals surface area contributed by atoms with E-state index in [1.165, 1.54) is 24.4 Å². The molecule has 0 aliphatic rings. The van der Waals surface area contributed by atoms with Crippen molar-refractivity contribution in [3.8, 4) is 5.75 Å². The summed E-state index contributed by atoms with van der Waals surface area (Å²) >= 11 is 0. The summed E-state index contributed by atoms with van der Waals surface area (Å²) in [6.45, 7) is 0.653. The molecule has 0 fully saturated rings. The average Bonchev–Trinajstić information content (AvgIpc) is 2.66. The summed E-state index contributed by atoms with van der Waals surface area (Å²) in [5.41, 5.74) is -5.48. The van der Waals surface area contributed by atoms with E-state index in [2.05, 4.69) is 9.47 Å². The minimum Gasteiger partial charge on any atom is -0.463 e. The molecule has 0 saturated heterocycles. The average molecular weight is 468 g/mol. The molecule has 0 aliphatic heterocycles. The van der Waals surface area contributed by atoms with E-state index in [0.29, 0.717) is 6.07 Å². The lowest BCUT2D eigenvalue weighted by atomic mass is 10.1. The molecular weight excluding hydrogens is 453 g/mol. The number of anilines is 1. The van der Waals surface area contributed by atoms with Gasteiger partial charge in [-0.2, -0.15) is 13.2 Å². The van der Waals surface area contributed by atoms with Gasteiger partial charge in [-0.15, -0.1) is 13.2 Å². The van der Waals surface area contributed by atoms with Crippen LogP contribution in [0.2, 0.25) is 0 Å². The smallest absolute Gasteiger partial charge is 0.463 e. The highest BCUT2D eigenvalue weighted by atomic mass is 19.4. The summed E-state index contributed by atoms with van der Waals surface area (Å²) in [7, 11) is 0. The van der Waals surface area contributed by atoms with Crippen LogP contribution in [0.15, 0.2) is 48.5 Å². The lowest BCUT2D eigenvalue weighted by Crippen LogP contribution is -2.69. The Bertz CT molecular complexity index is 979. The van der Waals surface area contributed by atoms with Crippen molar-refractivity contribution in [1.29, 1.82) is 0 Å².